The van der Waals surface area contributed by atoms with Crippen molar-refractivity contribution in [3.63, 3.8) is 0 Å². The molecule has 3 atom stereocenters. The summed E-state index contributed by atoms with van der Waals surface area (Å²) in [7, 11) is 0. The largest absolute Gasteiger partial charge is 0.393 e. The van der Waals surface area contributed by atoms with E-state index in [2.05, 4.69) is 24.4 Å². The van der Waals surface area contributed by atoms with Crippen LogP contribution in [0.2, 0.25) is 0 Å². The second kappa shape index (κ2) is 7.43. The molecular formula is C14H24N2O. The fourth-order valence-electron chi connectivity index (χ4n) is 2.09. The quantitative estimate of drug-likeness (QED) is 0.669. The van der Waals surface area contributed by atoms with Crippen LogP contribution in [0.1, 0.15) is 25.8 Å². The smallest absolute Gasteiger partial charge is 0.0526 e. The molecule has 0 aliphatic rings. The number of rotatable bonds is 7. The summed E-state index contributed by atoms with van der Waals surface area (Å²) < 4.78 is 0. The molecule has 1 rings (SSSR count). The molecule has 0 aromatic heterocycles. The Morgan fingerprint density at radius 3 is 2.41 bits per heavy atom. The van der Waals surface area contributed by atoms with Gasteiger partial charge >= 0.3 is 0 Å². The van der Waals surface area contributed by atoms with Crippen LogP contribution in [0.15, 0.2) is 30.3 Å². The van der Waals surface area contributed by atoms with E-state index in [1.165, 1.54) is 5.56 Å². The second-order valence-electron chi connectivity index (χ2n) is 4.77. The van der Waals surface area contributed by atoms with Crippen molar-refractivity contribution in [2.45, 2.75) is 44.9 Å². The third-order valence-corrected chi connectivity index (χ3v) is 2.82. The Morgan fingerprint density at radius 2 is 1.88 bits per heavy atom. The van der Waals surface area contributed by atoms with Gasteiger partial charge in [-0.05, 0) is 32.3 Å². The fourth-order valence-corrected chi connectivity index (χ4v) is 2.09. The Hall–Kier alpha value is -0.900. The second-order valence-corrected chi connectivity index (χ2v) is 4.77. The third-order valence-electron chi connectivity index (χ3n) is 2.82. The number of hydrogen-bond acceptors (Lipinski definition) is 3. The zero-order valence-corrected chi connectivity index (χ0v) is 10.8. The van der Waals surface area contributed by atoms with Gasteiger partial charge in [0.2, 0.25) is 0 Å². The summed E-state index contributed by atoms with van der Waals surface area (Å²) in [6.07, 6.45) is 1.42. The zero-order valence-electron chi connectivity index (χ0n) is 10.8. The lowest BCUT2D eigenvalue weighted by Gasteiger charge is -2.23. The lowest BCUT2D eigenvalue weighted by Crippen LogP contribution is -2.43. The molecule has 3 heteroatoms. The minimum atomic E-state index is -0.271. The van der Waals surface area contributed by atoms with Gasteiger partial charge in [-0.2, -0.15) is 0 Å². The number of benzene rings is 1. The Morgan fingerprint density at radius 1 is 1.24 bits per heavy atom. The molecule has 0 amide bonds. The summed E-state index contributed by atoms with van der Waals surface area (Å²) in [4.78, 5) is 0. The predicted octanol–water partition coefficient (Wildman–Crippen LogP) is 1.31. The highest BCUT2D eigenvalue weighted by molar-refractivity contribution is 5.16. The fraction of sp³-hybridized carbons (Fsp3) is 0.571. The standard InChI is InChI=1S/C14H24N2O/c1-11(8-12(2)17)16-14(10-15)9-13-6-4-3-5-7-13/h3-7,11-12,14,16-17H,8-10,15H2,1-2H3. The molecule has 3 nitrogen and oxygen atoms in total. The van der Waals surface area contributed by atoms with Crippen LogP contribution in [0.3, 0.4) is 0 Å². The van der Waals surface area contributed by atoms with Crippen molar-refractivity contribution in [2.75, 3.05) is 6.54 Å². The van der Waals surface area contributed by atoms with E-state index in [4.69, 9.17) is 5.73 Å². The van der Waals surface area contributed by atoms with Crippen molar-refractivity contribution in [1.82, 2.24) is 5.32 Å². The van der Waals surface area contributed by atoms with Crippen LogP contribution >= 0.6 is 0 Å². The molecule has 0 fully saturated rings. The van der Waals surface area contributed by atoms with Gasteiger partial charge in [0.1, 0.15) is 0 Å². The highest BCUT2D eigenvalue weighted by atomic mass is 16.3. The van der Waals surface area contributed by atoms with Crippen molar-refractivity contribution in [3.05, 3.63) is 35.9 Å². The van der Waals surface area contributed by atoms with Crippen LogP contribution in [-0.4, -0.2) is 29.8 Å². The van der Waals surface area contributed by atoms with E-state index in [0.29, 0.717) is 6.54 Å². The highest BCUT2D eigenvalue weighted by Gasteiger charge is 2.12. The molecule has 0 saturated carbocycles. The van der Waals surface area contributed by atoms with Gasteiger partial charge in [0.05, 0.1) is 6.10 Å². The number of nitrogens with one attached hydrogen (secondary N) is 1. The van der Waals surface area contributed by atoms with Gasteiger partial charge in [-0.15, -0.1) is 0 Å². The molecule has 0 heterocycles. The molecule has 0 radical (unpaired) electrons. The molecule has 0 aliphatic carbocycles. The maximum absolute atomic E-state index is 9.33. The van der Waals surface area contributed by atoms with Crippen LogP contribution in [0, 0.1) is 0 Å². The zero-order chi connectivity index (χ0) is 12.7. The van der Waals surface area contributed by atoms with E-state index < -0.39 is 0 Å². The molecule has 1 aromatic carbocycles. The monoisotopic (exact) mass is 236 g/mol. The molecular weight excluding hydrogens is 212 g/mol. The first-order chi connectivity index (χ1) is 8.11. The molecule has 17 heavy (non-hydrogen) atoms. The molecule has 0 saturated heterocycles. The molecule has 0 bridgehead atoms. The normalized spacial score (nSPS) is 16.5. The van der Waals surface area contributed by atoms with Crippen LogP contribution in [-0.2, 0) is 6.42 Å². The topological polar surface area (TPSA) is 58.3 Å². The Bertz CT molecular complexity index is 300. The lowest BCUT2D eigenvalue weighted by atomic mass is 10.0. The molecule has 1 aromatic rings. The Kier molecular flexibility index (Phi) is 6.19. The van der Waals surface area contributed by atoms with E-state index in [1.807, 2.05) is 25.1 Å². The summed E-state index contributed by atoms with van der Waals surface area (Å²) >= 11 is 0. The van der Waals surface area contributed by atoms with Gasteiger partial charge in [-0.1, -0.05) is 30.3 Å². The molecule has 0 spiro atoms. The van der Waals surface area contributed by atoms with E-state index >= 15 is 0 Å². The first kappa shape index (κ1) is 14.2. The molecule has 4 N–H and O–H groups in total. The minimum absolute atomic E-state index is 0.270. The van der Waals surface area contributed by atoms with Crippen LogP contribution in [0.25, 0.3) is 0 Å². The summed E-state index contributed by atoms with van der Waals surface area (Å²) in [6.45, 7) is 4.51. The van der Waals surface area contributed by atoms with Crippen molar-refractivity contribution < 1.29 is 5.11 Å². The first-order valence-electron chi connectivity index (χ1n) is 6.30. The van der Waals surface area contributed by atoms with Gasteiger partial charge in [0, 0.05) is 18.6 Å². The van der Waals surface area contributed by atoms with E-state index in [1.54, 1.807) is 0 Å². The van der Waals surface area contributed by atoms with Gasteiger partial charge in [0.25, 0.3) is 0 Å². The van der Waals surface area contributed by atoms with Gasteiger partial charge < -0.3 is 16.2 Å². The lowest BCUT2D eigenvalue weighted by molar-refractivity contribution is 0.168. The van der Waals surface area contributed by atoms with Crippen LogP contribution in [0.5, 0.6) is 0 Å². The summed E-state index contributed by atoms with van der Waals surface area (Å²) in [5, 5.41) is 12.8. The van der Waals surface area contributed by atoms with Crippen molar-refractivity contribution >= 4 is 0 Å². The van der Waals surface area contributed by atoms with Crippen LogP contribution in [0.4, 0.5) is 0 Å². The van der Waals surface area contributed by atoms with Crippen molar-refractivity contribution in [1.29, 1.82) is 0 Å². The van der Waals surface area contributed by atoms with Crippen molar-refractivity contribution in [3.8, 4) is 0 Å². The third kappa shape index (κ3) is 5.82. The minimum Gasteiger partial charge on any atom is -0.393 e. The number of nitrogens with two attached hydrogens (primary N) is 1. The van der Waals surface area contributed by atoms with Gasteiger partial charge in [-0.25, -0.2) is 0 Å². The summed E-state index contributed by atoms with van der Waals surface area (Å²) in [5.41, 5.74) is 7.07. The SMILES string of the molecule is CC(O)CC(C)NC(CN)Cc1ccccc1. The molecule has 96 valence electrons. The molecule has 0 aliphatic heterocycles. The van der Waals surface area contributed by atoms with Crippen LogP contribution < -0.4 is 11.1 Å². The highest BCUT2D eigenvalue weighted by Crippen LogP contribution is 2.05. The van der Waals surface area contributed by atoms with E-state index in [-0.39, 0.29) is 18.2 Å². The summed E-state index contributed by atoms with van der Waals surface area (Å²) in [6, 6.07) is 10.9. The first-order valence-corrected chi connectivity index (χ1v) is 6.30. The predicted molar refractivity (Wildman–Crippen MR) is 71.9 cm³/mol. The van der Waals surface area contributed by atoms with Crippen molar-refractivity contribution in [2.24, 2.45) is 5.73 Å². The maximum Gasteiger partial charge on any atom is 0.0526 e. The van der Waals surface area contributed by atoms with Gasteiger partial charge in [0.15, 0.2) is 0 Å². The van der Waals surface area contributed by atoms with E-state index in [0.717, 1.165) is 12.8 Å². The average Bonchev–Trinajstić information content (AvgIpc) is 2.28. The van der Waals surface area contributed by atoms with E-state index in [9.17, 15) is 5.11 Å². The average molecular weight is 236 g/mol. The summed E-state index contributed by atoms with van der Waals surface area (Å²) in [5.74, 6) is 0. The number of aliphatic hydroxyl groups excluding tert-OH is 1. The van der Waals surface area contributed by atoms with Gasteiger partial charge in [-0.3, -0.25) is 0 Å². The number of hydrogen-bond donors (Lipinski definition) is 3. The Labute approximate surface area is 104 Å². The number of aliphatic hydroxyl groups is 1. The maximum atomic E-state index is 9.33. The molecule has 3 unspecified atom stereocenters. The Balaban J connectivity index is 2.43.